The van der Waals surface area contributed by atoms with Gasteiger partial charge in [0.25, 0.3) is 0 Å². The van der Waals surface area contributed by atoms with Gasteiger partial charge in [-0.1, -0.05) is 12.1 Å². The SMILES string of the molecule is CS(=O)(=O)CCC(NN)c1cccc(OC(F)F)c1. The van der Waals surface area contributed by atoms with Gasteiger partial charge in [0.1, 0.15) is 15.6 Å². The first-order chi connectivity index (χ1) is 8.81. The highest BCUT2D eigenvalue weighted by Crippen LogP contribution is 2.22. The summed E-state index contributed by atoms with van der Waals surface area (Å²) >= 11 is 0. The molecule has 0 saturated heterocycles. The normalized spacial score (nSPS) is 13.5. The fraction of sp³-hybridized carbons (Fsp3) is 0.455. The molecule has 0 saturated carbocycles. The lowest BCUT2D eigenvalue weighted by Crippen LogP contribution is -2.29. The van der Waals surface area contributed by atoms with Crippen LogP contribution in [0.5, 0.6) is 5.75 Å². The first-order valence-corrected chi connectivity index (χ1v) is 7.56. The van der Waals surface area contributed by atoms with Gasteiger partial charge in [-0.15, -0.1) is 0 Å². The largest absolute Gasteiger partial charge is 0.435 e. The average Bonchev–Trinajstić information content (AvgIpc) is 2.28. The standard InChI is InChI=1S/C11H16F2N2O3S/c1-19(16,17)6-5-10(15-14)8-3-2-4-9(7-8)18-11(12)13/h2-4,7,10-11,15H,5-6,14H2,1H3. The van der Waals surface area contributed by atoms with Crippen LogP contribution < -0.4 is 16.0 Å². The molecule has 0 bridgehead atoms. The Kier molecular flexibility index (Phi) is 5.64. The maximum Gasteiger partial charge on any atom is 0.387 e. The van der Waals surface area contributed by atoms with Crippen molar-refractivity contribution < 1.29 is 21.9 Å². The highest BCUT2D eigenvalue weighted by molar-refractivity contribution is 7.90. The Morgan fingerprint density at radius 3 is 2.63 bits per heavy atom. The van der Waals surface area contributed by atoms with Crippen molar-refractivity contribution in [2.24, 2.45) is 5.84 Å². The fourth-order valence-electron chi connectivity index (χ4n) is 1.59. The lowest BCUT2D eigenvalue weighted by molar-refractivity contribution is -0.0499. The number of benzene rings is 1. The monoisotopic (exact) mass is 294 g/mol. The topological polar surface area (TPSA) is 81.4 Å². The molecule has 0 aliphatic carbocycles. The molecular formula is C11H16F2N2O3S. The van der Waals surface area contributed by atoms with Gasteiger partial charge in [0.15, 0.2) is 0 Å². The van der Waals surface area contributed by atoms with E-state index in [1.165, 1.54) is 18.2 Å². The highest BCUT2D eigenvalue weighted by atomic mass is 32.2. The molecule has 1 aromatic rings. The van der Waals surface area contributed by atoms with Crippen LogP contribution in [-0.4, -0.2) is 27.0 Å². The van der Waals surface area contributed by atoms with Crippen molar-refractivity contribution in [3.8, 4) is 5.75 Å². The molecule has 0 aliphatic rings. The third-order valence-corrected chi connectivity index (χ3v) is 3.44. The number of ether oxygens (including phenoxy) is 1. The van der Waals surface area contributed by atoms with Gasteiger partial charge in [0, 0.05) is 12.3 Å². The van der Waals surface area contributed by atoms with Crippen molar-refractivity contribution in [1.82, 2.24) is 5.43 Å². The first kappa shape index (κ1) is 15.8. The quantitative estimate of drug-likeness (QED) is 0.584. The number of hydrazine groups is 1. The van der Waals surface area contributed by atoms with Crippen LogP contribution in [0.25, 0.3) is 0 Å². The molecule has 1 atom stereocenters. The number of sulfone groups is 1. The summed E-state index contributed by atoms with van der Waals surface area (Å²) in [5.41, 5.74) is 3.05. The molecule has 5 nitrogen and oxygen atoms in total. The maximum atomic E-state index is 12.1. The average molecular weight is 294 g/mol. The molecule has 8 heteroatoms. The maximum absolute atomic E-state index is 12.1. The molecule has 3 N–H and O–H groups in total. The predicted octanol–water partition coefficient (Wildman–Crippen LogP) is 1.23. The zero-order valence-electron chi connectivity index (χ0n) is 10.3. The molecule has 1 aromatic carbocycles. The molecule has 108 valence electrons. The van der Waals surface area contributed by atoms with Gasteiger partial charge >= 0.3 is 6.61 Å². The van der Waals surface area contributed by atoms with E-state index in [1.807, 2.05) is 0 Å². The molecule has 0 aromatic heterocycles. The number of alkyl halides is 2. The zero-order valence-corrected chi connectivity index (χ0v) is 11.2. The smallest absolute Gasteiger partial charge is 0.387 e. The van der Waals surface area contributed by atoms with Gasteiger partial charge in [-0.25, -0.2) is 8.42 Å². The summed E-state index contributed by atoms with van der Waals surface area (Å²) in [5.74, 6) is 5.30. The van der Waals surface area contributed by atoms with Gasteiger partial charge in [0.2, 0.25) is 0 Å². The van der Waals surface area contributed by atoms with Gasteiger partial charge in [-0.05, 0) is 24.1 Å². The number of nitrogens with one attached hydrogen (secondary N) is 1. The summed E-state index contributed by atoms with van der Waals surface area (Å²) in [6.07, 6.45) is 1.37. The number of hydrogen-bond acceptors (Lipinski definition) is 5. The van der Waals surface area contributed by atoms with Crippen LogP contribution in [0.3, 0.4) is 0 Å². The van der Waals surface area contributed by atoms with Gasteiger partial charge in [-0.2, -0.15) is 8.78 Å². The van der Waals surface area contributed by atoms with Crippen LogP contribution in [-0.2, 0) is 9.84 Å². The second-order valence-electron chi connectivity index (χ2n) is 4.09. The summed E-state index contributed by atoms with van der Waals surface area (Å²) in [6, 6.07) is 5.54. The third-order valence-electron chi connectivity index (χ3n) is 2.46. The zero-order chi connectivity index (χ0) is 14.5. The van der Waals surface area contributed by atoms with E-state index in [0.717, 1.165) is 6.26 Å². The number of halogens is 2. The van der Waals surface area contributed by atoms with Crippen LogP contribution in [0.2, 0.25) is 0 Å². The Hall–Kier alpha value is -1.25. The molecule has 0 fully saturated rings. The van der Waals surface area contributed by atoms with Gasteiger partial charge < -0.3 is 4.74 Å². The van der Waals surface area contributed by atoms with Crippen molar-refractivity contribution in [2.75, 3.05) is 12.0 Å². The summed E-state index contributed by atoms with van der Waals surface area (Å²) in [5, 5.41) is 0. The van der Waals surface area contributed by atoms with E-state index in [-0.39, 0.29) is 17.9 Å². The van der Waals surface area contributed by atoms with Crippen molar-refractivity contribution in [3.05, 3.63) is 29.8 Å². The van der Waals surface area contributed by atoms with Crippen LogP contribution in [0.15, 0.2) is 24.3 Å². The number of rotatable bonds is 7. The minimum Gasteiger partial charge on any atom is -0.435 e. The van der Waals surface area contributed by atoms with E-state index in [9.17, 15) is 17.2 Å². The highest BCUT2D eigenvalue weighted by Gasteiger charge is 2.14. The van der Waals surface area contributed by atoms with Gasteiger partial charge in [0.05, 0.1) is 5.75 Å². The van der Waals surface area contributed by atoms with E-state index in [4.69, 9.17) is 5.84 Å². The van der Waals surface area contributed by atoms with E-state index in [2.05, 4.69) is 10.2 Å². The third kappa shape index (κ3) is 5.95. The van der Waals surface area contributed by atoms with Crippen molar-refractivity contribution in [1.29, 1.82) is 0 Å². The minimum absolute atomic E-state index is 0.00658. The Bertz CT molecular complexity index is 508. The molecule has 0 spiro atoms. The molecule has 19 heavy (non-hydrogen) atoms. The summed E-state index contributed by atoms with van der Waals surface area (Å²) in [6.45, 7) is -2.91. The van der Waals surface area contributed by atoms with E-state index < -0.39 is 22.5 Å². The van der Waals surface area contributed by atoms with Gasteiger partial charge in [-0.3, -0.25) is 11.3 Å². The van der Waals surface area contributed by atoms with E-state index in [1.54, 1.807) is 6.07 Å². The summed E-state index contributed by atoms with van der Waals surface area (Å²) < 4.78 is 50.7. The molecule has 0 amide bonds. The first-order valence-electron chi connectivity index (χ1n) is 5.50. The minimum atomic E-state index is -3.11. The summed E-state index contributed by atoms with van der Waals surface area (Å²) in [7, 11) is -3.11. The number of hydrogen-bond donors (Lipinski definition) is 2. The molecule has 0 heterocycles. The molecule has 1 rings (SSSR count). The predicted molar refractivity (Wildman–Crippen MR) is 67.5 cm³/mol. The second kappa shape index (κ2) is 6.78. The Morgan fingerprint density at radius 2 is 2.11 bits per heavy atom. The summed E-state index contributed by atoms with van der Waals surface area (Å²) in [4.78, 5) is 0. The van der Waals surface area contributed by atoms with E-state index >= 15 is 0 Å². The van der Waals surface area contributed by atoms with Crippen LogP contribution in [0.4, 0.5) is 8.78 Å². The van der Waals surface area contributed by atoms with Crippen molar-refractivity contribution in [3.63, 3.8) is 0 Å². The van der Waals surface area contributed by atoms with Crippen LogP contribution in [0.1, 0.15) is 18.0 Å². The lowest BCUT2D eigenvalue weighted by atomic mass is 10.1. The van der Waals surface area contributed by atoms with E-state index in [0.29, 0.717) is 5.56 Å². The fourth-order valence-corrected chi connectivity index (χ4v) is 2.25. The Balaban J connectivity index is 2.80. The molecular weight excluding hydrogens is 278 g/mol. The lowest BCUT2D eigenvalue weighted by Gasteiger charge is -2.16. The Labute approximate surface area is 110 Å². The van der Waals surface area contributed by atoms with Crippen LogP contribution >= 0.6 is 0 Å². The second-order valence-corrected chi connectivity index (χ2v) is 6.35. The van der Waals surface area contributed by atoms with Crippen molar-refractivity contribution >= 4 is 9.84 Å². The Morgan fingerprint density at radius 1 is 1.42 bits per heavy atom. The molecule has 0 radical (unpaired) electrons. The van der Waals surface area contributed by atoms with Crippen LogP contribution in [0, 0.1) is 0 Å². The van der Waals surface area contributed by atoms with Crippen molar-refractivity contribution in [2.45, 2.75) is 19.1 Å². The molecule has 1 unspecified atom stereocenters. The number of nitrogens with two attached hydrogens (primary N) is 1. The molecule has 0 aliphatic heterocycles.